The van der Waals surface area contributed by atoms with Crippen molar-refractivity contribution < 1.29 is 13.7 Å². The van der Waals surface area contributed by atoms with Crippen LogP contribution < -0.4 is 4.90 Å². The number of rotatable bonds is 2. The van der Waals surface area contributed by atoms with Crippen LogP contribution in [0, 0.1) is 10.1 Å². The van der Waals surface area contributed by atoms with E-state index >= 15 is 0 Å². The quantitative estimate of drug-likeness (QED) is 0.622. The molecule has 0 saturated carbocycles. The van der Waals surface area contributed by atoms with Gasteiger partial charge < -0.3 is 4.90 Å². The van der Waals surface area contributed by atoms with Crippen LogP contribution in [0.25, 0.3) is 0 Å². The number of nitro groups is 1. The van der Waals surface area contributed by atoms with Crippen molar-refractivity contribution >= 4 is 27.4 Å². The molecule has 5 nitrogen and oxygen atoms in total. The van der Waals surface area contributed by atoms with Gasteiger partial charge in [-0.2, -0.15) is 0 Å². The van der Waals surface area contributed by atoms with E-state index in [-0.39, 0.29) is 24.5 Å². The van der Waals surface area contributed by atoms with Crippen LogP contribution in [0.3, 0.4) is 0 Å². The summed E-state index contributed by atoms with van der Waals surface area (Å²) in [5.74, 6) is -2.81. The van der Waals surface area contributed by atoms with Crippen molar-refractivity contribution in [2.45, 2.75) is 12.3 Å². The molecule has 1 aromatic heterocycles. The Bertz CT molecular complexity index is 470. The third-order valence-corrected chi connectivity index (χ3v) is 2.91. The number of nitrogens with zero attached hydrogens (tertiary/aromatic N) is 3. The molecule has 0 atom stereocenters. The summed E-state index contributed by atoms with van der Waals surface area (Å²) in [6, 6.07) is 1.26. The van der Waals surface area contributed by atoms with Crippen molar-refractivity contribution in [2.24, 2.45) is 0 Å². The van der Waals surface area contributed by atoms with Crippen LogP contribution in [-0.4, -0.2) is 28.9 Å². The first kappa shape index (κ1) is 12.2. The molecule has 1 saturated heterocycles. The van der Waals surface area contributed by atoms with E-state index in [2.05, 4.69) is 20.9 Å². The first-order valence-electron chi connectivity index (χ1n) is 4.82. The van der Waals surface area contributed by atoms with Crippen molar-refractivity contribution in [3.05, 3.63) is 26.9 Å². The normalized spacial score (nSPS) is 18.4. The fourth-order valence-electron chi connectivity index (χ4n) is 1.72. The van der Waals surface area contributed by atoms with Crippen molar-refractivity contribution in [1.82, 2.24) is 4.98 Å². The van der Waals surface area contributed by atoms with Gasteiger partial charge in [0.1, 0.15) is 0 Å². The number of aromatic nitrogens is 1. The van der Waals surface area contributed by atoms with Gasteiger partial charge in [-0.05, 0) is 15.9 Å². The van der Waals surface area contributed by atoms with E-state index in [4.69, 9.17) is 0 Å². The van der Waals surface area contributed by atoms with Gasteiger partial charge in [-0.25, -0.2) is 13.8 Å². The van der Waals surface area contributed by atoms with E-state index < -0.39 is 17.4 Å². The SMILES string of the molecule is O=[N+]([O-])c1cc(Br)cnc1N1CCC(F)(F)C1. The summed E-state index contributed by atoms with van der Waals surface area (Å²) >= 11 is 3.06. The molecule has 0 aromatic carbocycles. The largest absolute Gasteiger partial charge is 0.345 e. The van der Waals surface area contributed by atoms with E-state index in [0.29, 0.717) is 4.47 Å². The Kier molecular flexibility index (Phi) is 2.98. The lowest BCUT2D eigenvalue weighted by atomic mass is 10.3. The van der Waals surface area contributed by atoms with Crippen LogP contribution in [0.2, 0.25) is 0 Å². The molecule has 1 aliphatic rings. The minimum Gasteiger partial charge on any atom is -0.345 e. The van der Waals surface area contributed by atoms with E-state index in [1.165, 1.54) is 17.2 Å². The lowest BCUT2D eigenvalue weighted by Gasteiger charge is -2.16. The molecular weight excluding hydrogens is 300 g/mol. The summed E-state index contributed by atoms with van der Waals surface area (Å²) in [4.78, 5) is 15.3. The van der Waals surface area contributed by atoms with E-state index in [1.54, 1.807) is 0 Å². The number of hydrogen-bond donors (Lipinski definition) is 0. The molecule has 1 aromatic rings. The standard InChI is InChI=1S/C9H8BrF2N3O2/c10-6-3-7(15(16)17)8(13-4-6)14-2-1-9(11,12)5-14/h3-4H,1-2,5H2. The molecular formula is C9H8BrF2N3O2. The van der Waals surface area contributed by atoms with Crippen molar-refractivity contribution in [3.8, 4) is 0 Å². The molecule has 92 valence electrons. The average molecular weight is 308 g/mol. The van der Waals surface area contributed by atoms with Crippen LogP contribution in [-0.2, 0) is 0 Å². The molecule has 0 radical (unpaired) electrons. The predicted molar refractivity (Wildman–Crippen MR) is 60.4 cm³/mol. The third-order valence-electron chi connectivity index (χ3n) is 2.48. The van der Waals surface area contributed by atoms with Crippen molar-refractivity contribution in [1.29, 1.82) is 0 Å². The summed E-state index contributed by atoms with van der Waals surface area (Å²) < 4.78 is 26.5. The maximum Gasteiger partial charge on any atom is 0.312 e. The Balaban J connectivity index is 2.36. The van der Waals surface area contributed by atoms with Gasteiger partial charge in [-0.1, -0.05) is 0 Å². The number of anilines is 1. The first-order chi connectivity index (χ1) is 7.89. The lowest BCUT2D eigenvalue weighted by molar-refractivity contribution is -0.384. The first-order valence-corrected chi connectivity index (χ1v) is 5.61. The summed E-state index contributed by atoms with van der Waals surface area (Å²) in [5.41, 5.74) is -0.267. The van der Waals surface area contributed by atoms with Crippen LogP contribution in [0.15, 0.2) is 16.7 Å². The Morgan fingerprint density at radius 1 is 1.59 bits per heavy atom. The zero-order valence-corrected chi connectivity index (χ0v) is 10.2. The minimum absolute atomic E-state index is 0.00428. The number of halogens is 3. The van der Waals surface area contributed by atoms with Gasteiger partial charge in [0, 0.05) is 29.7 Å². The molecule has 1 fully saturated rings. The molecule has 8 heteroatoms. The third kappa shape index (κ3) is 2.51. The number of pyridine rings is 1. The Morgan fingerprint density at radius 3 is 2.82 bits per heavy atom. The van der Waals surface area contributed by atoms with Gasteiger partial charge in [0.15, 0.2) is 0 Å². The van der Waals surface area contributed by atoms with Gasteiger partial charge >= 0.3 is 5.69 Å². The molecule has 17 heavy (non-hydrogen) atoms. The smallest absolute Gasteiger partial charge is 0.312 e. The Morgan fingerprint density at radius 2 is 2.29 bits per heavy atom. The maximum atomic E-state index is 13.0. The van der Waals surface area contributed by atoms with Crippen LogP contribution in [0.1, 0.15) is 6.42 Å². The second kappa shape index (κ2) is 4.17. The minimum atomic E-state index is -2.80. The number of alkyl halides is 2. The summed E-state index contributed by atoms with van der Waals surface area (Å²) in [5, 5.41) is 10.8. The highest BCUT2D eigenvalue weighted by Crippen LogP contribution is 2.35. The fourth-order valence-corrected chi connectivity index (χ4v) is 2.04. The molecule has 0 amide bonds. The van der Waals surface area contributed by atoms with Crippen LogP contribution >= 0.6 is 15.9 Å². The van der Waals surface area contributed by atoms with E-state index in [0.717, 1.165) is 0 Å². The molecule has 0 N–H and O–H groups in total. The van der Waals surface area contributed by atoms with Crippen LogP contribution in [0.5, 0.6) is 0 Å². The Labute approximate surface area is 104 Å². The van der Waals surface area contributed by atoms with Gasteiger partial charge in [-0.3, -0.25) is 10.1 Å². The Hall–Kier alpha value is -1.31. The van der Waals surface area contributed by atoms with E-state index in [9.17, 15) is 18.9 Å². The summed E-state index contributed by atoms with van der Waals surface area (Å²) in [6.07, 6.45) is 1.06. The van der Waals surface area contributed by atoms with Crippen molar-refractivity contribution in [2.75, 3.05) is 18.0 Å². The van der Waals surface area contributed by atoms with Gasteiger partial charge in [0.25, 0.3) is 5.92 Å². The second-order valence-electron chi connectivity index (χ2n) is 3.78. The maximum absolute atomic E-state index is 13.0. The highest BCUT2D eigenvalue weighted by molar-refractivity contribution is 9.10. The highest BCUT2D eigenvalue weighted by Gasteiger charge is 2.40. The molecule has 0 unspecified atom stereocenters. The molecule has 2 rings (SSSR count). The average Bonchev–Trinajstić information content (AvgIpc) is 2.58. The molecule has 0 bridgehead atoms. The lowest BCUT2D eigenvalue weighted by Crippen LogP contribution is -2.26. The zero-order valence-electron chi connectivity index (χ0n) is 8.57. The molecule has 2 heterocycles. The number of hydrogen-bond acceptors (Lipinski definition) is 4. The second-order valence-corrected chi connectivity index (χ2v) is 4.70. The monoisotopic (exact) mass is 307 g/mol. The van der Waals surface area contributed by atoms with Crippen molar-refractivity contribution in [3.63, 3.8) is 0 Å². The molecule has 0 aliphatic carbocycles. The molecule has 1 aliphatic heterocycles. The fraction of sp³-hybridized carbons (Fsp3) is 0.444. The topological polar surface area (TPSA) is 59.3 Å². The highest BCUT2D eigenvalue weighted by atomic mass is 79.9. The van der Waals surface area contributed by atoms with Gasteiger partial charge in [0.2, 0.25) is 5.82 Å². The summed E-state index contributed by atoms with van der Waals surface area (Å²) in [7, 11) is 0. The van der Waals surface area contributed by atoms with Gasteiger partial charge in [-0.15, -0.1) is 0 Å². The predicted octanol–water partition coefficient (Wildman–Crippen LogP) is 2.60. The van der Waals surface area contributed by atoms with Crippen LogP contribution in [0.4, 0.5) is 20.3 Å². The van der Waals surface area contributed by atoms with E-state index in [1.807, 2.05) is 0 Å². The zero-order chi connectivity index (χ0) is 12.6. The summed E-state index contributed by atoms with van der Waals surface area (Å²) in [6.45, 7) is -0.453. The van der Waals surface area contributed by atoms with Gasteiger partial charge in [0.05, 0.1) is 11.5 Å². The molecule has 0 spiro atoms.